The number of rotatable bonds is 7. The van der Waals surface area contributed by atoms with Crippen molar-refractivity contribution in [1.29, 1.82) is 0 Å². The summed E-state index contributed by atoms with van der Waals surface area (Å²) in [7, 11) is 0. The summed E-state index contributed by atoms with van der Waals surface area (Å²) in [6.07, 6.45) is 0.652. The van der Waals surface area contributed by atoms with Crippen molar-refractivity contribution in [1.82, 2.24) is 5.32 Å². The second-order valence-corrected chi connectivity index (χ2v) is 5.80. The first kappa shape index (κ1) is 15.7. The minimum absolute atomic E-state index is 0.372. The number of carboxylic acid groups (broad SMARTS) is 1. The number of carboxylic acids is 1. The Kier molecular flexibility index (Phi) is 6.03. The predicted octanol–water partition coefficient (Wildman–Crippen LogP) is 3.40. The molecule has 0 heterocycles. The van der Waals surface area contributed by atoms with E-state index in [4.69, 9.17) is 5.11 Å². The number of nitrogens with one attached hydrogen (secondary N) is 1. The standard InChI is InChI=1S/C16H25NO2/c1-11(2)9-15(16(18)19)17-10-13-5-7-14(8-6-13)12(3)4/h5-8,11-12,15,17H,9-10H2,1-4H3,(H,18,19). The lowest BCUT2D eigenvalue weighted by atomic mass is 10.0. The van der Waals surface area contributed by atoms with Crippen molar-refractivity contribution in [3.8, 4) is 0 Å². The quantitative estimate of drug-likeness (QED) is 0.792. The van der Waals surface area contributed by atoms with Gasteiger partial charge in [-0.25, -0.2) is 0 Å². The van der Waals surface area contributed by atoms with E-state index in [1.165, 1.54) is 5.56 Å². The number of hydrogen-bond donors (Lipinski definition) is 2. The van der Waals surface area contributed by atoms with E-state index in [9.17, 15) is 4.79 Å². The highest BCUT2D eigenvalue weighted by atomic mass is 16.4. The number of carbonyl (C=O) groups is 1. The Bertz CT molecular complexity index is 396. The zero-order valence-electron chi connectivity index (χ0n) is 12.3. The van der Waals surface area contributed by atoms with Gasteiger partial charge in [-0.05, 0) is 29.4 Å². The summed E-state index contributed by atoms with van der Waals surface area (Å²) < 4.78 is 0. The lowest BCUT2D eigenvalue weighted by Gasteiger charge is -2.16. The van der Waals surface area contributed by atoms with Crippen LogP contribution in [-0.2, 0) is 11.3 Å². The highest BCUT2D eigenvalue weighted by Gasteiger charge is 2.17. The maximum atomic E-state index is 11.1. The molecule has 1 aromatic carbocycles. The Balaban J connectivity index is 2.56. The van der Waals surface area contributed by atoms with Gasteiger partial charge in [-0.1, -0.05) is 52.0 Å². The molecule has 0 radical (unpaired) electrons. The molecule has 0 aliphatic carbocycles. The Labute approximate surface area is 116 Å². The van der Waals surface area contributed by atoms with Gasteiger partial charge in [-0.3, -0.25) is 4.79 Å². The minimum atomic E-state index is -0.771. The molecule has 0 saturated heterocycles. The Hall–Kier alpha value is -1.35. The van der Waals surface area contributed by atoms with Gasteiger partial charge in [0.1, 0.15) is 6.04 Å². The van der Waals surface area contributed by atoms with Gasteiger partial charge < -0.3 is 10.4 Å². The molecule has 0 aliphatic rings. The van der Waals surface area contributed by atoms with Crippen molar-refractivity contribution in [3.05, 3.63) is 35.4 Å². The summed E-state index contributed by atoms with van der Waals surface area (Å²) in [4.78, 5) is 11.1. The average Bonchev–Trinajstić information content (AvgIpc) is 2.34. The molecular weight excluding hydrogens is 238 g/mol. The molecule has 3 nitrogen and oxygen atoms in total. The lowest BCUT2D eigenvalue weighted by Crippen LogP contribution is -2.37. The summed E-state index contributed by atoms with van der Waals surface area (Å²) in [5.41, 5.74) is 2.43. The van der Waals surface area contributed by atoms with Gasteiger partial charge in [0.2, 0.25) is 0 Å². The first-order chi connectivity index (χ1) is 8.90. The van der Waals surface area contributed by atoms with Crippen LogP contribution in [0.1, 0.15) is 51.2 Å². The van der Waals surface area contributed by atoms with Crippen LogP contribution >= 0.6 is 0 Å². The van der Waals surface area contributed by atoms with E-state index in [0.29, 0.717) is 24.8 Å². The van der Waals surface area contributed by atoms with Crippen LogP contribution in [-0.4, -0.2) is 17.1 Å². The van der Waals surface area contributed by atoms with Gasteiger partial charge in [-0.15, -0.1) is 0 Å². The second-order valence-electron chi connectivity index (χ2n) is 5.80. The average molecular weight is 263 g/mol. The molecule has 0 saturated carbocycles. The lowest BCUT2D eigenvalue weighted by molar-refractivity contribution is -0.140. The SMILES string of the molecule is CC(C)CC(NCc1ccc(C(C)C)cc1)C(=O)O. The van der Waals surface area contributed by atoms with E-state index in [1.807, 2.05) is 13.8 Å². The summed E-state index contributed by atoms with van der Waals surface area (Å²) >= 11 is 0. The third-order valence-corrected chi connectivity index (χ3v) is 3.20. The molecule has 1 unspecified atom stereocenters. The normalized spacial score (nSPS) is 12.9. The third-order valence-electron chi connectivity index (χ3n) is 3.20. The van der Waals surface area contributed by atoms with E-state index in [0.717, 1.165) is 5.56 Å². The van der Waals surface area contributed by atoms with Crippen LogP contribution in [0.5, 0.6) is 0 Å². The van der Waals surface area contributed by atoms with Crippen LogP contribution in [0.15, 0.2) is 24.3 Å². The maximum Gasteiger partial charge on any atom is 0.320 e. The monoisotopic (exact) mass is 263 g/mol. The number of hydrogen-bond acceptors (Lipinski definition) is 2. The van der Waals surface area contributed by atoms with Gasteiger partial charge in [0, 0.05) is 6.54 Å². The largest absolute Gasteiger partial charge is 0.480 e. The predicted molar refractivity (Wildman–Crippen MR) is 78.2 cm³/mol. The van der Waals surface area contributed by atoms with E-state index in [-0.39, 0.29) is 0 Å². The molecule has 106 valence electrons. The highest BCUT2D eigenvalue weighted by molar-refractivity contribution is 5.73. The second kappa shape index (κ2) is 7.29. The topological polar surface area (TPSA) is 49.3 Å². The van der Waals surface area contributed by atoms with Crippen LogP contribution < -0.4 is 5.32 Å². The number of aliphatic carboxylic acids is 1. The van der Waals surface area contributed by atoms with Crippen LogP contribution in [0.2, 0.25) is 0 Å². The summed E-state index contributed by atoms with van der Waals surface area (Å²) in [5.74, 6) is 0.124. The van der Waals surface area contributed by atoms with E-state index in [1.54, 1.807) is 0 Å². The molecule has 1 rings (SSSR count). The van der Waals surface area contributed by atoms with Crippen LogP contribution in [0.3, 0.4) is 0 Å². The van der Waals surface area contributed by atoms with Crippen molar-refractivity contribution in [2.45, 2.75) is 52.6 Å². The van der Waals surface area contributed by atoms with Crippen molar-refractivity contribution >= 4 is 5.97 Å². The van der Waals surface area contributed by atoms with Gasteiger partial charge in [0.25, 0.3) is 0 Å². The smallest absolute Gasteiger partial charge is 0.320 e. The number of benzene rings is 1. The third kappa shape index (κ3) is 5.43. The first-order valence-electron chi connectivity index (χ1n) is 6.95. The molecule has 0 amide bonds. The molecule has 1 aromatic rings. The summed E-state index contributed by atoms with van der Waals surface area (Å²) in [6, 6.07) is 7.89. The Morgan fingerprint density at radius 3 is 2.16 bits per heavy atom. The van der Waals surface area contributed by atoms with Crippen LogP contribution in [0.25, 0.3) is 0 Å². The fraction of sp³-hybridized carbons (Fsp3) is 0.562. The molecule has 2 N–H and O–H groups in total. The molecule has 0 bridgehead atoms. The molecular formula is C16H25NO2. The molecule has 0 fully saturated rings. The highest BCUT2D eigenvalue weighted by Crippen LogP contribution is 2.15. The molecule has 0 spiro atoms. The van der Waals surface area contributed by atoms with E-state index in [2.05, 4.69) is 43.4 Å². The Morgan fingerprint density at radius 1 is 1.16 bits per heavy atom. The first-order valence-corrected chi connectivity index (χ1v) is 6.95. The van der Waals surface area contributed by atoms with Crippen LogP contribution in [0, 0.1) is 5.92 Å². The van der Waals surface area contributed by atoms with Crippen molar-refractivity contribution in [2.75, 3.05) is 0 Å². The van der Waals surface area contributed by atoms with Gasteiger partial charge >= 0.3 is 5.97 Å². The van der Waals surface area contributed by atoms with Crippen molar-refractivity contribution < 1.29 is 9.90 Å². The summed E-state index contributed by atoms with van der Waals surface area (Å²) in [5, 5.41) is 12.3. The minimum Gasteiger partial charge on any atom is -0.480 e. The molecule has 1 atom stereocenters. The van der Waals surface area contributed by atoms with Crippen molar-refractivity contribution in [3.63, 3.8) is 0 Å². The molecule has 0 aliphatic heterocycles. The van der Waals surface area contributed by atoms with Gasteiger partial charge in [-0.2, -0.15) is 0 Å². The van der Waals surface area contributed by atoms with E-state index >= 15 is 0 Å². The molecule has 19 heavy (non-hydrogen) atoms. The van der Waals surface area contributed by atoms with E-state index < -0.39 is 12.0 Å². The molecule has 3 heteroatoms. The van der Waals surface area contributed by atoms with Gasteiger partial charge in [0.15, 0.2) is 0 Å². The molecule has 0 aromatic heterocycles. The van der Waals surface area contributed by atoms with Gasteiger partial charge in [0.05, 0.1) is 0 Å². The fourth-order valence-corrected chi connectivity index (χ4v) is 2.00. The fourth-order valence-electron chi connectivity index (χ4n) is 2.00. The summed E-state index contributed by atoms with van der Waals surface area (Å²) in [6.45, 7) is 9.00. The maximum absolute atomic E-state index is 11.1. The van der Waals surface area contributed by atoms with Crippen LogP contribution in [0.4, 0.5) is 0 Å². The zero-order valence-corrected chi connectivity index (χ0v) is 12.3. The zero-order chi connectivity index (χ0) is 14.4. The van der Waals surface area contributed by atoms with Crippen molar-refractivity contribution in [2.24, 2.45) is 5.92 Å². The Morgan fingerprint density at radius 2 is 1.74 bits per heavy atom.